The van der Waals surface area contributed by atoms with Crippen LogP contribution in [0.5, 0.6) is 11.5 Å². The third-order valence-corrected chi connectivity index (χ3v) is 4.54. The first-order valence-electron chi connectivity index (χ1n) is 9.22. The van der Waals surface area contributed by atoms with E-state index in [1.54, 1.807) is 0 Å². The smallest absolute Gasteiger partial charge is 0.271 e. The van der Waals surface area contributed by atoms with Gasteiger partial charge in [0.15, 0.2) is 11.5 Å². The lowest BCUT2D eigenvalue weighted by molar-refractivity contribution is 0.0955. The molecule has 0 saturated carbocycles. The number of benzene rings is 2. The highest BCUT2D eigenvalue weighted by Crippen LogP contribution is 2.30. The Kier molecular flexibility index (Phi) is 5.96. The molecule has 6 heteroatoms. The van der Waals surface area contributed by atoms with E-state index in [1.165, 1.54) is 0 Å². The van der Waals surface area contributed by atoms with E-state index in [9.17, 15) is 4.79 Å². The van der Waals surface area contributed by atoms with Crippen molar-refractivity contribution < 1.29 is 14.3 Å². The van der Waals surface area contributed by atoms with Crippen LogP contribution in [0.3, 0.4) is 0 Å². The van der Waals surface area contributed by atoms with Crippen molar-refractivity contribution in [1.29, 1.82) is 0 Å². The molecule has 0 aromatic heterocycles. The molecular formula is C21H25N3O3. The number of amides is 1. The van der Waals surface area contributed by atoms with Crippen LogP contribution in [-0.4, -0.2) is 37.9 Å². The Bertz CT molecular complexity index is 827. The van der Waals surface area contributed by atoms with Gasteiger partial charge < -0.3 is 14.4 Å². The predicted octanol–water partition coefficient (Wildman–Crippen LogP) is 3.46. The molecule has 0 aliphatic carbocycles. The van der Waals surface area contributed by atoms with Gasteiger partial charge in [0.05, 0.1) is 5.71 Å². The fourth-order valence-corrected chi connectivity index (χ4v) is 2.94. The monoisotopic (exact) mass is 367 g/mol. The number of hydrogen-bond acceptors (Lipinski definition) is 5. The van der Waals surface area contributed by atoms with E-state index >= 15 is 0 Å². The van der Waals surface area contributed by atoms with Crippen LogP contribution in [-0.2, 0) is 0 Å². The van der Waals surface area contributed by atoms with Crippen LogP contribution < -0.4 is 19.8 Å². The zero-order valence-electron chi connectivity index (χ0n) is 16.0. The van der Waals surface area contributed by atoms with E-state index in [0.29, 0.717) is 30.2 Å². The summed E-state index contributed by atoms with van der Waals surface area (Å²) in [4.78, 5) is 14.6. The van der Waals surface area contributed by atoms with E-state index in [1.807, 2.05) is 49.4 Å². The quantitative estimate of drug-likeness (QED) is 0.627. The fraction of sp³-hybridized carbons (Fsp3) is 0.333. The molecule has 0 spiro atoms. The second-order valence-electron chi connectivity index (χ2n) is 6.22. The Hall–Kier alpha value is -3.02. The van der Waals surface area contributed by atoms with Crippen LogP contribution in [0, 0.1) is 0 Å². The number of ether oxygens (including phenoxy) is 2. The summed E-state index contributed by atoms with van der Waals surface area (Å²) in [5.74, 6) is 1.19. The molecule has 0 fully saturated rings. The van der Waals surface area contributed by atoms with Crippen molar-refractivity contribution in [2.45, 2.75) is 20.8 Å². The van der Waals surface area contributed by atoms with Gasteiger partial charge in [-0.1, -0.05) is 0 Å². The lowest BCUT2D eigenvalue weighted by Crippen LogP contribution is -2.22. The van der Waals surface area contributed by atoms with Gasteiger partial charge in [0.25, 0.3) is 5.91 Å². The van der Waals surface area contributed by atoms with E-state index in [2.05, 4.69) is 29.3 Å². The number of carbonyl (C=O) groups excluding carboxylic acids is 1. The molecule has 0 bridgehead atoms. The minimum Gasteiger partial charge on any atom is -0.486 e. The van der Waals surface area contributed by atoms with Crippen LogP contribution >= 0.6 is 0 Å². The summed E-state index contributed by atoms with van der Waals surface area (Å²) in [6, 6.07) is 13.2. The Morgan fingerprint density at radius 2 is 1.63 bits per heavy atom. The maximum absolute atomic E-state index is 12.4. The molecule has 1 aliphatic rings. The molecular weight excluding hydrogens is 342 g/mol. The normalized spacial score (nSPS) is 13.2. The summed E-state index contributed by atoms with van der Waals surface area (Å²) in [5, 5.41) is 4.22. The molecule has 1 N–H and O–H groups in total. The molecule has 2 aromatic rings. The number of fused-ring (bicyclic) bond motifs is 1. The molecule has 27 heavy (non-hydrogen) atoms. The number of hydrazone groups is 1. The third-order valence-electron chi connectivity index (χ3n) is 4.54. The standard InChI is InChI=1S/C21H25N3O3/c1-4-24(5-2)18-9-6-16(7-10-18)21(25)23-22-15(3)17-8-11-19-20(14-17)27-13-12-26-19/h6-11,14H,4-5,12-13H2,1-3H3,(H,23,25). The second-order valence-corrected chi connectivity index (χ2v) is 6.22. The van der Waals surface area contributed by atoms with Gasteiger partial charge in [-0.3, -0.25) is 4.79 Å². The Labute approximate surface area is 159 Å². The maximum atomic E-state index is 12.4. The molecule has 142 valence electrons. The Balaban J connectivity index is 1.67. The molecule has 6 nitrogen and oxygen atoms in total. The van der Waals surface area contributed by atoms with Crippen molar-refractivity contribution >= 4 is 17.3 Å². The van der Waals surface area contributed by atoms with Gasteiger partial charge >= 0.3 is 0 Å². The lowest BCUT2D eigenvalue weighted by Gasteiger charge is -2.20. The van der Waals surface area contributed by atoms with E-state index in [0.717, 1.165) is 30.1 Å². The molecule has 3 rings (SSSR count). The summed E-state index contributed by atoms with van der Waals surface area (Å²) < 4.78 is 11.1. The molecule has 1 heterocycles. The van der Waals surface area contributed by atoms with Crippen molar-refractivity contribution in [3.63, 3.8) is 0 Å². The van der Waals surface area contributed by atoms with Crippen molar-refractivity contribution in [2.75, 3.05) is 31.2 Å². The van der Waals surface area contributed by atoms with E-state index in [4.69, 9.17) is 9.47 Å². The molecule has 0 radical (unpaired) electrons. The van der Waals surface area contributed by atoms with Crippen molar-refractivity contribution in [3.8, 4) is 11.5 Å². The summed E-state index contributed by atoms with van der Waals surface area (Å²) >= 11 is 0. The zero-order chi connectivity index (χ0) is 19.2. The lowest BCUT2D eigenvalue weighted by atomic mass is 10.1. The minimum atomic E-state index is -0.238. The van der Waals surface area contributed by atoms with Gasteiger partial charge in [-0.25, -0.2) is 5.43 Å². The van der Waals surface area contributed by atoms with Crippen LogP contribution in [0.15, 0.2) is 47.6 Å². The largest absolute Gasteiger partial charge is 0.486 e. The Morgan fingerprint density at radius 3 is 2.30 bits per heavy atom. The van der Waals surface area contributed by atoms with E-state index in [-0.39, 0.29) is 5.91 Å². The first kappa shape index (κ1) is 18.8. The summed E-state index contributed by atoms with van der Waals surface area (Å²) in [7, 11) is 0. The van der Waals surface area contributed by atoms with Gasteiger partial charge in [-0.15, -0.1) is 0 Å². The minimum absolute atomic E-state index is 0.238. The van der Waals surface area contributed by atoms with Gasteiger partial charge in [0, 0.05) is 29.9 Å². The predicted molar refractivity (Wildman–Crippen MR) is 107 cm³/mol. The molecule has 1 aliphatic heterocycles. The first-order valence-corrected chi connectivity index (χ1v) is 9.22. The molecule has 0 unspecified atom stereocenters. The summed E-state index contributed by atoms with van der Waals surface area (Å²) in [6.45, 7) is 9.02. The van der Waals surface area contributed by atoms with Gasteiger partial charge in [0.2, 0.25) is 0 Å². The number of rotatable bonds is 6. The van der Waals surface area contributed by atoms with E-state index < -0.39 is 0 Å². The number of hydrogen-bond donors (Lipinski definition) is 1. The average Bonchev–Trinajstić information content (AvgIpc) is 2.72. The number of nitrogens with one attached hydrogen (secondary N) is 1. The Morgan fingerprint density at radius 1 is 1.00 bits per heavy atom. The summed E-state index contributed by atoms with van der Waals surface area (Å²) in [6.07, 6.45) is 0. The van der Waals surface area contributed by atoms with Gasteiger partial charge in [-0.2, -0.15) is 5.10 Å². The topological polar surface area (TPSA) is 63.2 Å². The van der Waals surface area contributed by atoms with Crippen LogP contribution in [0.1, 0.15) is 36.7 Å². The highest BCUT2D eigenvalue weighted by molar-refractivity contribution is 6.01. The van der Waals surface area contributed by atoms with Gasteiger partial charge in [-0.05, 0) is 63.2 Å². The number of nitrogens with zero attached hydrogens (tertiary/aromatic N) is 2. The van der Waals surface area contributed by atoms with Crippen molar-refractivity contribution in [3.05, 3.63) is 53.6 Å². The van der Waals surface area contributed by atoms with Crippen molar-refractivity contribution in [1.82, 2.24) is 5.43 Å². The fourth-order valence-electron chi connectivity index (χ4n) is 2.94. The maximum Gasteiger partial charge on any atom is 0.271 e. The molecule has 0 atom stereocenters. The SMILES string of the molecule is CCN(CC)c1ccc(C(=O)NN=C(C)c2ccc3c(c2)OCCO3)cc1. The third kappa shape index (κ3) is 4.39. The zero-order valence-corrected chi connectivity index (χ0v) is 16.0. The average molecular weight is 367 g/mol. The number of carbonyl (C=O) groups is 1. The molecule has 1 amide bonds. The highest BCUT2D eigenvalue weighted by atomic mass is 16.6. The number of anilines is 1. The van der Waals surface area contributed by atoms with Crippen LogP contribution in [0.2, 0.25) is 0 Å². The van der Waals surface area contributed by atoms with Gasteiger partial charge in [0.1, 0.15) is 13.2 Å². The highest BCUT2D eigenvalue weighted by Gasteiger charge is 2.13. The van der Waals surface area contributed by atoms with Crippen LogP contribution in [0.25, 0.3) is 0 Å². The van der Waals surface area contributed by atoms with Crippen LogP contribution in [0.4, 0.5) is 5.69 Å². The summed E-state index contributed by atoms with van der Waals surface area (Å²) in [5.41, 5.74) is 5.86. The second kappa shape index (κ2) is 8.58. The first-order chi connectivity index (χ1) is 13.1. The molecule has 0 saturated heterocycles. The van der Waals surface area contributed by atoms with Crippen molar-refractivity contribution in [2.24, 2.45) is 5.10 Å². The molecule has 2 aromatic carbocycles.